The van der Waals surface area contributed by atoms with Crippen molar-refractivity contribution < 1.29 is 19.8 Å². The van der Waals surface area contributed by atoms with E-state index in [0.717, 1.165) is 22.3 Å². The van der Waals surface area contributed by atoms with Crippen LogP contribution in [0, 0.1) is 13.8 Å². The first-order valence-corrected chi connectivity index (χ1v) is 7.82. The van der Waals surface area contributed by atoms with Crippen LogP contribution in [-0.2, 0) is 0 Å². The number of nitrogens with one attached hydrogen (secondary N) is 2. The van der Waals surface area contributed by atoms with Crippen LogP contribution in [-0.4, -0.2) is 42.1 Å². The summed E-state index contributed by atoms with van der Waals surface area (Å²) in [5.41, 5.74) is 5.43. The number of rotatable bonds is 3. The van der Waals surface area contributed by atoms with E-state index in [0.29, 0.717) is 22.1 Å². The van der Waals surface area contributed by atoms with Crippen molar-refractivity contribution in [2.75, 3.05) is 0 Å². The molecule has 26 heavy (non-hydrogen) atoms. The van der Waals surface area contributed by atoms with Crippen LogP contribution in [0.2, 0.25) is 0 Å². The lowest BCUT2D eigenvalue weighted by molar-refractivity contribution is 0.0674. The molecule has 4 N–H and O–H groups in total. The summed E-state index contributed by atoms with van der Waals surface area (Å²) < 4.78 is 0. The van der Waals surface area contributed by atoms with E-state index in [1.165, 1.54) is 0 Å². The Labute approximate surface area is 146 Å². The molecular formula is C18H14N4O4. The Morgan fingerprint density at radius 3 is 2.15 bits per heavy atom. The summed E-state index contributed by atoms with van der Waals surface area (Å²) in [6.07, 6.45) is 0. The molecule has 2 heterocycles. The van der Waals surface area contributed by atoms with Gasteiger partial charge < -0.3 is 20.2 Å². The van der Waals surface area contributed by atoms with Crippen LogP contribution >= 0.6 is 0 Å². The topological polar surface area (TPSA) is 132 Å². The highest BCUT2D eigenvalue weighted by atomic mass is 16.4. The summed E-state index contributed by atoms with van der Waals surface area (Å²) in [5, 5.41) is 18.5. The molecular weight excluding hydrogens is 336 g/mol. The Hall–Kier alpha value is -3.68. The number of aromatic amines is 2. The molecule has 0 aliphatic rings. The van der Waals surface area contributed by atoms with E-state index in [-0.39, 0.29) is 11.6 Å². The molecule has 8 nitrogen and oxygen atoms in total. The van der Waals surface area contributed by atoms with Crippen molar-refractivity contribution in [3.8, 4) is 11.1 Å². The normalized spacial score (nSPS) is 11.3. The third-order valence-corrected chi connectivity index (χ3v) is 4.38. The van der Waals surface area contributed by atoms with Gasteiger partial charge in [0.05, 0.1) is 22.1 Å². The van der Waals surface area contributed by atoms with E-state index in [1.807, 2.05) is 32.0 Å². The van der Waals surface area contributed by atoms with Crippen LogP contribution in [0.4, 0.5) is 0 Å². The first-order valence-electron chi connectivity index (χ1n) is 7.82. The zero-order valence-corrected chi connectivity index (χ0v) is 13.9. The first-order chi connectivity index (χ1) is 12.4. The third kappa shape index (κ3) is 2.23. The maximum Gasteiger partial charge on any atom is 0.371 e. The number of nitrogens with zero attached hydrogens (tertiary/aromatic N) is 2. The van der Waals surface area contributed by atoms with Crippen LogP contribution in [0.5, 0.6) is 0 Å². The number of hydrogen-bond donors (Lipinski definition) is 4. The number of carboxylic acid groups (broad SMARTS) is 2. The number of aryl methyl sites for hydroxylation is 2. The van der Waals surface area contributed by atoms with E-state index in [4.69, 9.17) is 0 Å². The number of imidazole rings is 2. The summed E-state index contributed by atoms with van der Waals surface area (Å²) in [6, 6.07) is 7.35. The summed E-state index contributed by atoms with van der Waals surface area (Å²) in [5.74, 6) is -2.58. The number of carboxylic acids is 2. The monoisotopic (exact) mass is 350 g/mol. The predicted octanol–water partition coefficient (Wildman–Crippen LogP) is 3.12. The molecule has 0 fully saturated rings. The van der Waals surface area contributed by atoms with Gasteiger partial charge in [-0.15, -0.1) is 0 Å². The summed E-state index contributed by atoms with van der Waals surface area (Å²) in [4.78, 5) is 36.6. The lowest BCUT2D eigenvalue weighted by atomic mass is 9.96. The number of benzene rings is 2. The third-order valence-electron chi connectivity index (χ3n) is 4.38. The average Bonchev–Trinajstić information content (AvgIpc) is 3.21. The first kappa shape index (κ1) is 15.8. The van der Waals surface area contributed by atoms with Crippen LogP contribution in [0.25, 0.3) is 33.2 Å². The van der Waals surface area contributed by atoms with Gasteiger partial charge in [-0.2, -0.15) is 0 Å². The minimum Gasteiger partial charge on any atom is -0.475 e. The van der Waals surface area contributed by atoms with Gasteiger partial charge in [-0.05, 0) is 31.0 Å². The van der Waals surface area contributed by atoms with Gasteiger partial charge in [0.25, 0.3) is 0 Å². The second-order valence-electron chi connectivity index (χ2n) is 6.09. The molecule has 0 amide bonds. The standard InChI is InChI=1S/C18H14N4O4/c1-7-4-6-10-14(22-15(19-10)17(23)24)11(7)9-5-3-8(2)12-13(9)21-16(20-12)18(25)26/h3-6H,1-2H3,(H,19,22)(H,20,21)(H,23,24)(H,25,26). The number of carbonyl (C=O) groups is 2. The molecule has 0 aliphatic carbocycles. The van der Waals surface area contributed by atoms with E-state index >= 15 is 0 Å². The van der Waals surface area contributed by atoms with Gasteiger partial charge >= 0.3 is 11.9 Å². The van der Waals surface area contributed by atoms with Gasteiger partial charge in [-0.25, -0.2) is 19.6 Å². The highest BCUT2D eigenvalue weighted by Gasteiger charge is 2.20. The Balaban J connectivity index is 2.10. The molecule has 0 saturated heterocycles. The summed E-state index contributed by atoms with van der Waals surface area (Å²) in [6.45, 7) is 3.74. The lowest BCUT2D eigenvalue weighted by Crippen LogP contribution is -1.98. The molecule has 2 aromatic heterocycles. The zero-order chi connectivity index (χ0) is 18.6. The zero-order valence-electron chi connectivity index (χ0n) is 13.9. The minimum absolute atomic E-state index is 0.145. The van der Waals surface area contributed by atoms with Crippen LogP contribution in [0.15, 0.2) is 24.3 Å². The molecule has 4 rings (SSSR count). The van der Waals surface area contributed by atoms with Crippen LogP contribution < -0.4 is 0 Å². The van der Waals surface area contributed by atoms with Crippen molar-refractivity contribution in [1.29, 1.82) is 0 Å². The Bertz CT molecular complexity index is 1220. The number of aromatic nitrogens is 4. The summed E-state index contributed by atoms with van der Waals surface area (Å²) in [7, 11) is 0. The fraction of sp³-hybridized carbons (Fsp3) is 0.111. The predicted molar refractivity (Wildman–Crippen MR) is 94.6 cm³/mol. The molecule has 0 unspecified atom stereocenters. The van der Waals surface area contributed by atoms with Gasteiger partial charge in [0.15, 0.2) is 0 Å². The molecule has 0 saturated carbocycles. The quantitative estimate of drug-likeness (QED) is 0.449. The number of hydrogen-bond acceptors (Lipinski definition) is 4. The molecule has 2 aromatic carbocycles. The number of aromatic carboxylic acids is 2. The highest BCUT2D eigenvalue weighted by Crippen LogP contribution is 2.35. The van der Waals surface area contributed by atoms with E-state index < -0.39 is 11.9 Å². The van der Waals surface area contributed by atoms with Crippen molar-refractivity contribution in [2.24, 2.45) is 0 Å². The molecule has 8 heteroatoms. The van der Waals surface area contributed by atoms with Crippen molar-refractivity contribution in [2.45, 2.75) is 13.8 Å². The van der Waals surface area contributed by atoms with Crippen molar-refractivity contribution >= 4 is 34.0 Å². The second-order valence-corrected chi connectivity index (χ2v) is 6.09. The van der Waals surface area contributed by atoms with Gasteiger partial charge in [-0.1, -0.05) is 18.2 Å². The summed E-state index contributed by atoms with van der Waals surface area (Å²) >= 11 is 0. The Kier molecular flexibility index (Phi) is 3.30. The number of fused-ring (bicyclic) bond motifs is 2. The Morgan fingerprint density at radius 2 is 1.46 bits per heavy atom. The fourth-order valence-corrected chi connectivity index (χ4v) is 3.15. The van der Waals surface area contributed by atoms with Gasteiger partial charge in [0.1, 0.15) is 0 Å². The minimum atomic E-state index is -1.14. The van der Waals surface area contributed by atoms with E-state index in [9.17, 15) is 19.8 Å². The average molecular weight is 350 g/mol. The van der Waals surface area contributed by atoms with E-state index in [2.05, 4.69) is 19.9 Å². The smallest absolute Gasteiger partial charge is 0.371 e. The van der Waals surface area contributed by atoms with Crippen molar-refractivity contribution in [3.05, 3.63) is 47.0 Å². The molecule has 0 spiro atoms. The lowest BCUT2D eigenvalue weighted by Gasteiger charge is -2.09. The van der Waals surface area contributed by atoms with Crippen molar-refractivity contribution in [1.82, 2.24) is 19.9 Å². The molecule has 0 bridgehead atoms. The van der Waals surface area contributed by atoms with Crippen molar-refractivity contribution in [3.63, 3.8) is 0 Å². The highest BCUT2D eigenvalue weighted by molar-refractivity contribution is 6.05. The second kappa shape index (κ2) is 5.41. The SMILES string of the molecule is Cc1ccc2[nH]c(C(=O)O)nc2c1-c1ccc(C)c2nc(C(=O)O)[nH]c12. The molecule has 4 aromatic rings. The van der Waals surface area contributed by atoms with Gasteiger partial charge in [0.2, 0.25) is 11.6 Å². The Morgan fingerprint density at radius 1 is 0.846 bits per heavy atom. The van der Waals surface area contributed by atoms with Gasteiger partial charge in [0, 0.05) is 11.1 Å². The molecule has 0 radical (unpaired) electrons. The molecule has 0 aliphatic heterocycles. The van der Waals surface area contributed by atoms with E-state index in [1.54, 1.807) is 6.07 Å². The maximum atomic E-state index is 11.3. The van der Waals surface area contributed by atoms with Crippen LogP contribution in [0.1, 0.15) is 32.4 Å². The maximum absolute atomic E-state index is 11.3. The molecule has 0 atom stereocenters. The fourth-order valence-electron chi connectivity index (χ4n) is 3.15. The van der Waals surface area contributed by atoms with Crippen LogP contribution in [0.3, 0.4) is 0 Å². The molecule has 130 valence electrons. The van der Waals surface area contributed by atoms with Gasteiger partial charge in [-0.3, -0.25) is 0 Å². The number of H-pyrrole nitrogens is 2. The largest absolute Gasteiger partial charge is 0.475 e.